The maximum Gasteiger partial charge on any atom is 0.417 e. The van der Waals surface area contributed by atoms with Crippen LogP contribution in [0.3, 0.4) is 0 Å². The first kappa shape index (κ1) is 19.7. The zero-order chi connectivity index (χ0) is 19.2. The molecule has 0 spiro atoms. The summed E-state index contributed by atoms with van der Waals surface area (Å²) >= 11 is 5.80. The van der Waals surface area contributed by atoms with E-state index in [9.17, 15) is 23.2 Å². The number of ketones is 1. The molecule has 0 bridgehead atoms. The summed E-state index contributed by atoms with van der Waals surface area (Å²) < 4.78 is 43.4. The van der Waals surface area contributed by atoms with E-state index in [0.717, 1.165) is 0 Å². The maximum atomic E-state index is 12.6. The van der Waals surface area contributed by atoms with E-state index in [1.807, 2.05) is 18.2 Å². The summed E-state index contributed by atoms with van der Waals surface area (Å²) in [7, 11) is 0. The van der Waals surface area contributed by atoms with Crippen molar-refractivity contribution in [3.05, 3.63) is 58.9 Å². The Hall–Kier alpha value is -2.59. The van der Waals surface area contributed by atoms with Gasteiger partial charge in [-0.25, -0.2) is 0 Å². The molecule has 1 heterocycles. The second kappa shape index (κ2) is 8.68. The molecule has 26 heavy (non-hydrogen) atoms. The average molecular weight is 383 g/mol. The topological polar surface area (TPSA) is 63.0 Å². The van der Waals surface area contributed by atoms with Crippen molar-refractivity contribution in [2.24, 2.45) is 0 Å². The van der Waals surface area contributed by atoms with Crippen molar-refractivity contribution in [3.8, 4) is 11.8 Å². The van der Waals surface area contributed by atoms with Gasteiger partial charge in [-0.1, -0.05) is 29.8 Å². The maximum absolute atomic E-state index is 12.6. The van der Waals surface area contributed by atoms with Crippen molar-refractivity contribution in [3.63, 3.8) is 0 Å². The highest BCUT2D eigenvalue weighted by atomic mass is 35.5. The van der Waals surface area contributed by atoms with Crippen molar-refractivity contribution in [1.29, 1.82) is 5.26 Å². The second-order valence-electron chi connectivity index (χ2n) is 5.38. The van der Waals surface area contributed by atoms with Gasteiger partial charge in [0, 0.05) is 12.6 Å². The molecule has 2 aromatic rings. The van der Waals surface area contributed by atoms with E-state index in [0.29, 0.717) is 24.4 Å². The van der Waals surface area contributed by atoms with Crippen LogP contribution in [0.15, 0.2) is 42.6 Å². The van der Waals surface area contributed by atoms with Gasteiger partial charge >= 0.3 is 6.18 Å². The van der Waals surface area contributed by atoms with Crippen LogP contribution >= 0.6 is 11.6 Å². The van der Waals surface area contributed by atoms with Crippen molar-refractivity contribution in [1.82, 2.24) is 4.98 Å². The number of para-hydroxylation sites is 1. The first-order chi connectivity index (χ1) is 12.3. The summed E-state index contributed by atoms with van der Waals surface area (Å²) in [4.78, 5) is 15.8. The molecule has 1 atom stereocenters. The van der Waals surface area contributed by atoms with E-state index < -0.39 is 23.4 Å². The molecule has 0 aliphatic carbocycles. The standard InChI is InChI=1S/C18H14ClF3N2O2/c19-15-9-12(18(20,21)22)11-24-17(15)14(10-23)16(25)7-4-8-26-13-5-2-1-3-6-13/h1-3,5-6,9,11,14H,4,7-8H2. The van der Waals surface area contributed by atoms with E-state index in [4.69, 9.17) is 16.3 Å². The summed E-state index contributed by atoms with van der Waals surface area (Å²) in [5.74, 6) is -1.14. The monoisotopic (exact) mass is 382 g/mol. The Labute approximate surface area is 153 Å². The number of halogens is 4. The van der Waals surface area contributed by atoms with Crippen LogP contribution in [0, 0.1) is 11.3 Å². The molecule has 0 amide bonds. The van der Waals surface area contributed by atoms with E-state index in [1.54, 1.807) is 18.2 Å². The lowest BCUT2D eigenvalue weighted by molar-refractivity contribution is -0.137. The van der Waals surface area contributed by atoms with Crippen molar-refractivity contribution < 1.29 is 22.7 Å². The molecule has 0 saturated heterocycles. The highest BCUT2D eigenvalue weighted by molar-refractivity contribution is 6.31. The number of aromatic nitrogens is 1. The van der Waals surface area contributed by atoms with Gasteiger partial charge in [-0.05, 0) is 24.6 Å². The third-order valence-electron chi connectivity index (χ3n) is 3.50. The van der Waals surface area contributed by atoms with Crippen LogP contribution in [-0.2, 0) is 11.0 Å². The normalized spacial score (nSPS) is 12.3. The van der Waals surface area contributed by atoms with Crippen LogP contribution in [-0.4, -0.2) is 17.4 Å². The van der Waals surface area contributed by atoms with Gasteiger partial charge in [-0.3, -0.25) is 9.78 Å². The number of nitriles is 1. The number of carbonyl (C=O) groups excluding carboxylic acids is 1. The predicted octanol–water partition coefficient (Wildman–Crippen LogP) is 4.79. The van der Waals surface area contributed by atoms with E-state index in [1.165, 1.54) is 0 Å². The minimum Gasteiger partial charge on any atom is -0.494 e. The van der Waals surface area contributed by atoms with E-state index in [-0.39, 0.29) is 23.7 Å². The lowest BCUT2D eigenvalue weighted by atomic mass is 9.97. The van der Waals surface area contributed by atoms with Gasteiger partial charge in [0.15, 0.2) is 5.78 Å². The fourth-order valence-electron chi connectivity index (χ4n) is 2.20. The first-order valence-corrected chi connectivity index (χ1v) is 8.03. The number of carbonyl (C=O) groups is 1. The van der Waals surface area contributed by atoms with Crippen LogP contribution in [0.5, 0.6) is 5.75 Å². The molecule has 0 radical (unpaired) electrons. The zero-order valence-corrected chi connectivity index (χ0v) is 14.2. The van der Waals surface area contributed by atoms with Crippen LogP contribution in [0.4, 0.5) is 13.2 Å². The summed E-state index contributed by atoms with van der Waals surface area (Å²) in [5, 5.41) is 8.85. The quantitative estimate of drug-likeness (QED) is 0.646. The Kier molecular flexibility index (Phi) is 6.58. The minimum atomic E-state index is -4.60. The highest BCUT2D eigenvalue weighted by Gasteiger charge is 2.33. The number of nitrogens with zero attached hydrogens (tertiary/aromatic N) is 2. The Morgan fingerprint density at radius 2 is 2.00 bits per heavy atom. The fourth-order valence-corrected chi connectivity index (χ4v) is 2.47. The van der Waals surface area contributed by atoms with Crippen molar-refractivity contribution in [2.45, 2.75) is 24.9 Å². The summed E-state index contributed by atoms with van der Waals surface area (Å²) in [6, 6.07) is 11.4. The molecular formula is C18H14ClF3N2O2. The minimum absolute atomic E-state index is 0.0179. The fraction of sp³-hybridized carbons (Fsp3) is 0.278. The smallest absolute Gasteiger partial charge is 0.417 e. The van der Waals surface area contributed by atoms with Gasteiger partial charge in [0.25, 0.3) is 0 Å². The molecule has 0 N–H and O–H groups in total. The van der Waals surface area contributed by atoms with Gasteiger partial charge in [0.1, 0.15) is 11.7 Å². The molecule has 8 heteroatoms. The second-order valence-corrected chi connectivity index (χ2v) is 5.79. The predicted molar refractivity (Wildman–Crippen MR) is 88.8 cm³/mol. The lowest BCUT2D eigenvalue weighted by Gasteiger charge is -2.12. The zero-order valence-electron chi connectivity index (χ0n) is 13.5. The molecule has 1 aromatic heterocycles. The summed E-state index contributed by atoms with van der Waals surface area (Å²) in [5.41, 5.74) is -1.21. The number of benzene rings is 1. The van der Waals surface area contributed by atoms with Crippen molar-refractivity contribution in [2.75, 3.05) is 6.61 Å². The molecule has 0 aliphatic heterocycles. The van der Waals surface area contributed by atoms with Gasteiger partial charge in [-0.2, -0.15) is 18.4 Å². The summed E-state index contributed by atoms with van der Waals surface area (Å²) in [6.45, 7) is 0.266. The van der Waals surface area contributed by atoms with Crippen LogP contribution < -0.4 is 4.74 Å². The number of Topliss-reactive ketones (excluding diaryl/α,β-unsaturated/α-hetero) is 1. The molecule has 0 fully saturated rings. The SMILES string of the molecule is N#CC(C(=O)CCCOc1ccccc1)c1ncc(C(F)(F)F)cc1Cl. The Morgan fingerprint density at radius 1 is 1.31 bits per heavy atom. The van der Waals surface area contributed by atoms with Gasteiger partial charge in [0.05, 0.1) is 29.0 Å². The number of hydrogen-bond donors (Lipinski definition) is 0. The summed E-state index contributed by atoms with van der Waals surface area (Å²) in [6.07, 6.45) is -3.66. The Bertz CT molecular complexity index is 804. The average Bonchev–Trinajstić information content (AvgIpc) is 2.60. The number of rotatable bonds is 7. The lowest BCUT2D eigenvalue weighted by Crippen LogP contribution is -2.15. The molecule has 2 rings (SSSR count). The van der Waals surface area contributed by atoms with Gasteiger partial charge < -0.3 is 4.74 Å². The Morgan fingerprint density at radius 3 is 2.58 bits per heavy atom. The molecule has 0 aliphatic rings. The largest absolute Gasteiger partial charge is 0.494 e. The third-order valence-corrected chi connectivity index (χ3v) is 3.80. The highest BCUT2D eigenvalue weighted by Crippen LogP contribution is 2.33. The molecule has 136 valence electrons. The van der Waals surface area contributed by atoms with Gasteiger partial charge in [-0.15, -0.1) is 0 Å². The van der Waals surface area contributed by atoms with E-state index in [2.05, 4.69) is 4.98 Å². The molecule has 4 nitrogen and oxygen atoms in total. The van der Waals surface area contributed by atoms with Crippen LogP contribution in [0.25, 0.3) is 0 Å². The number of hydrogen-bond acceptors (Lipinski definition) is 4. The molecule has 1 unspecified atom stereocenters. The number of ether oxygens (including phenoxy) is 1. The van der Waals surface area contributed by atoms with E-state index >= 15 is 0 Å². The van der Waals surface area contributed by atoms with Crippen molar-refractivity contribution >= 4 is 17.4 Å². The molecule has 1 aromatic carbocycles. The van der Waals surface area contributed by atoms with Crippen LogP contribution in [0.2, 0.25) is 5.02 Å². The van der Waals surface area contributed by atoms with Crippen LogP contribution in [0.1, 0.15) is 30.0 Å². The number of pyridine rings is 1. The third kappa shape index (κ3) is 5.20. The van der Waals surface area contributed by atoms with Gasteiger partial charge in [0.2, 0.25) is 0 Å². The Balaban J connectivity index is 1.97. The molecule has 0 saturated carbocycles. The molecular weight excluding hydrogens is 369 g/mol. The number of alkyl halides is 3. The first-order valence-electron chi connectivity index (χ1n) is 7.65.